The van der Waals surface area contributed by atoms with E-state index in [0.717, 1.165) is 27.8 Å². The first-order valence-corrected chi connectivity index (χ1v) is 13.0. The first kappa shape index (κ1) is 28.6. The van der Waals surface area contributed by atoms with Gasteiger partial charge in [-0.2, -0.15) is 9.97 Å². The molecule has 0 saturated heterocycles. The SMILES string of the molecule is CCOC(=O)Cc1cncc(-c2ccc(C)cc2CN(CC)C(=O)Cc2nc(OCC)cc(OCC)n2)c1. The van der Waals surface area contributed by atoms with Crippen molar-refractivity contribution in [2.75, 3.05) is 26.4 Å². The average Bonchev–Trinajstić information content (AvgIpc) is 2.88. The summed E-state index contributed by atoms with van der Waals surface area (Å²) in [5.41, 5.74) is 4.66. The summed E-state index contributed by atoms with van der Waals surface area (Å²) in [4.78, 5) is 40.2. The number of aromatic nitrogens is 3. The van der Waals surface area contributed by atoms with Gasteiger partial charge in [-0.15, -0.1) is 0 Å². The summed E-state index contributed by atoms with van der Waals surface area (Å²) in [7, 11) is 0. The number of hydrogen-bond donors (Lipinski definition) is 0. The fraction of sp³-hybridized carbons (Fsp3) is 0.414. The van der Waals surface area contributed by atoms with Gasteiger partial charge in [-0.25, -0.2) is 0 Å². The van der Waals surface area contributed by atoms with Crippen LogP contribution in [0.15, 0.2) is 42.7 Å². The zero-order valence-electron chi connectivity index (χ0n) is 22.8. The van der Waals surface area contributed by atoms with Crippen LogP contribution in [0.1, 0.15) is 50.2 Å². The molecular weight excluding hydrogens is 484 g/mol. The predicted molar refractivity (Wildman–Crippen MR) is 144 cm³/mol. The van der Waals surface area contributed by atoms with Crippen molar-refractivity contribution in [3.05, 3.63) is 65.2 Å². The molecule has 0 aliphatic rings. The molecule has 0 atom stereocenters. The fourth-order valence-corrected chi connectivity index (χ4v) is 4.05. The second-order valence-corrected chi connectivity index (χ2v) is 8.64. The topological polar surface area (TPSA) is 104 Å². The number of carbonyl (C=O) groups excluding carboxylic acids is 2. The molecule has 0 saturated carbocycles. The number of ether oxygens (including phenoxy) is 3. The lowest BCUT2D eigenvalue weighted by atomic mass is 9.97. The van der Waals surface area contributed by atoms with Crippen LogP contribution in [-0.2, 0) is 33.7 Å². The molecule has 0 unspecified atom stereocenters. The smallest absolute Gasteiger partial charge is 0.310 e. The quantitative estimate of drug-likeness (QED) is 0.307. The molecule has 2 aromatic heterocycles. The summed E-state index contributed by atoms with van der Waals surface area (Å²) < 4.78 is 16.1. The third-order valence-corrected chi connectivity index (χ3v) is 5.74. The minimum atomic E-state index is -0.290. The summed E-state index contributed by atoms with van der Waals surface area (Å²) in [6.45, 7) is 11.6. The molecule has 0 aliphatic heterocycles. The number of pyridine rings is 1. The van der Waals surface area contributed by atoms with Gasteiger partial charge in [0, 0.05) is 31.0 Å². The van der Waals surface area contributed by atoms with E-state index in [1.54, 1.807) is 30.3 Å². The minimum Gasteiger partial charge on any atom is -0.478 e. The third kappa shape index (κ3) is 7.99. The molecule has 202 valence electrons. The van der Waals surface area contributed by atoms with E-state index < -0.39 is 0 Å². The Morgan fingerprint density at radius 3 is 2.21 bits per heavy atom. The average molecular weight is 521 g/mol. The highest BCUT2D eigenvalue weighted by Gasteiger charge is 2.19. The van der Waals surface area contributed by atoms with E-state index in [2.05, 4.69) is 21.0 Å². The number of aryl methyl sites for hydroxylation is 1. The molecule has 3 rings (SSSR count). The summed E-state index contributed by atoms with van der Waals surface area (Å²) in [5, 5.41) is 0. The third-order valence-electron chi connectivity index (χ3n) is 5.74. The van der Waals surface area contributed by atoms with Gasteiger partial charge in [-0.1, -0.05) is 23.8 Å². The van der Waals surface area contributed by atoms with Crippen LogP contribution in [0.2, 0.25) is 0 Å². The lowest BCUT2D eigenvalue weighted by molar-refractivity contribution is -0.142. The van der Waals surface area contributed by atoms with Gasteiger partial charge in [-0.3, -0.25) is 14.6 Å². The number of hydrogen-bond acceptors (Lipinski definition) is 8. The van der Waals surface area contributed by atoms with Crippen molar-refractivity contribution < 1.29 is 23.8 Å². The number of benzene rings is 1. The van der Waals surface area contributed by atoms with Gasteiger partial charge in [-0.05, 0) is 57.4 Å². The Bertz CT molecular complexity index is 1220. The number of amides is 1. The molecular formula is C29H36N4O5. The van der Waals surface area contributed by atoms with Gasteiger partial charge in [0.1, 0.15) is 5.82 Å². The highest BCUT2D eigenvalue weighted by molar-refractivity contribution is 5.79. The Morgan fingerprint density at radius 1 is 0.868 bits per heavy atom. The Morgan fingerprint density at radius 2 is 1.58 bits per heavy atom. The standard InChI is InChI=1S/C29H36N4O5/c1-6-33(28(34)15-25-31-26(36-7-2)16-27(32-25)37-8-3)19-23-12-20(5)10-11-24(23)22-13-21(17-30-18-22)14-29(35)38-9-4/h10-13,16-18H,6-9,14-15,19H2,1-5H3. The van der Waals surface area contributed by atoms with Gasteiger partial charge in [0.25, 0.3) is 0 Å². The second kappa shape index (κ2) is 14.1. The monoisotopic (exact) mass is 520 g/mol. The molecule has 0 aliphatic carbocycles. The van der Waals surface area contributed by atoms with E-state index in [1.807, 2.05) is 45.9 Å². The van der Waals surface area contributed by atoms with Crippen molar-refractivity contribution in [3.8, 4) is 22.9 Å². The maximum atomic E-state index is 13.4. The molecule has 0 bridgehead atoms. The Labute approximate surface area is 224 Å². The normalized spacial score (nSPS) is 10.7. The zero-order valence-corrected chi connectivity index (χ0v) is 22.8. The molecule has 38 heavy (non-hydrogen) atoms. The molecule has 0 N–H and O–H groups in total. The largest absolute Gasteiger partial charge is 0.478 e. The van der Waals surface area contributed by atoms with Gasteiger partial charge >= 0.3 is 5.97 Å². The number of carbonyl (C=O) groups is 2. The van der Waals surface area contributed by atoms with Crippen LogP contribution in [0.5, 0.6) is 11.8 Å². The van der Waals surface area contributed by atoms with Gasteiger partial charge in [0.15, 0.2) is 0 Å². The molecule has 1 amide bonds. The maximum Gasteiger partial charge on any atom is 0.310 e. The first-order valence-electron chi connectivity index (χ1n) is 13.0. The number of nitrogens with zero attached hydrogens (tertiary/aromatic N) is 4. The lowest BCUT2D eigenvalue weighted by Gasteiger charge is -2.23. The van der Waals surface area contributed by atoms with Crippen molar-refractivity contribution >= 4 is 11.9 Å². The van der Waals surface area contributed by atoms with Crippen molar-refractivity contribution in [1.29, 1.82) is 0 Å². The predicted octanol–water partition coefficient (Wildman–Crippen LogP) is 4.34. The highest BCUT2D eigenvalue weighted by atomic mass is 16.5. The zero-order chi connectivity index (χ0) is 27.5. The van der Waals surface area contributed by atoms with E-state index in [1.165, 1.54) is 0 Å². The van der Waals surface area contributed by atoms with Crippen LogP contribution in [0.3, 0.4) is 0 Å². The Hall–Kier alpha value is -4.01. The number of rotatable bonds is 13. The molecule has 0 radical (unpaired) electrons. The minimum absolute atomic E-state index is 0.0204. The van der Waals surface area contributed by atoms with Crippen molar-refractivity contribution in [1.82, 2.24) is 19.9 Å². The molecule has 9 heteroatoms. The van der Waals surface area contributed by atoms with Crippen molar-refractivity contribution in [2.45, 2.75) is 54.0 Å². The molecule has 9 nitrogen and oxygen atoms in total. The molecule has 0 spiro atoms. The lowest BCUT2D eigenvalue weighted by Crippen LogP contribution is -2.32. The van der Waals surface area contributed by atoms with Crippen LogP contribution in [0.4, 0.5) is 0 Å². The summed E-state index contributed by atoms with van der Waals surface area (Å²) in [5.74, 6) is 0.718. The fourth-order valence-electron chi connectivity index (χ4n) is 4.05. The van der Waals surface area contributed by atoms with Crippen LogP contribution in [0, 0.1) is 6.92 Å². The van der Waals surface area contributed by atoms with Crippen LogP contribution < -0.4 is 9.47 Å². The van der Waals surface area contributed by atoms with E-state index in [0.29, 0.717) is 50.5 Å². The molecule has 2 heterocycles. The molecule has 0 fully saturated rings. The second-order valence-electron chi connectivity index (χ2n) is 8.64. The first-order chi connectivity index (χ1) is 18.4. The van der Waals surface area contributed by atoms with E-state index in [-0.39, 0.29) is 24.7 Å². The van der Waals surface area contributed by atoms with E-state index in [9.17, 15) is 9.59 Å². The van der Waals surface area contributed by atoms with Gasteiger partial charge < -0.3 is 19.1 Å². The van der Waals surface area contributed by atoms with E-state index >= 15 is 0 Å². The van der Waals surface area contributed by atoms with Crippen LogP contribution >= 0.6 is 0 Å². The van der Waals surface area contributed by atoms with Gasteiger partial charge in [0.05, 0.1) is 38.7 Å². The van der Waals surface area contributed by atoms with Crippen molar-refractivity contribution in [2.24, 2.45) is 0 Å². The number of likely N-dealkylation sites (N-methyl/N-ethyl adjacent to an activating group) is 1. The molecule has 3 aromatic rings. The van der Waals surface area contributed by atoms with Crippen LogP contribution in [-0.4, -0.2) is 58.1 Å². The van der Waals surface area contributed by atoms with Gasteiger partial charge in [0.2, 0.25) is 17.7 Å². The highest BCUT2D eigenvalue weighted by Crippen LogP contribution is 2.27. The van der Waals surface area contributed by atoms with Crippen LogP contribution in [0.25, 0.3) is 11.1 Å². The summed E-state index contributed by atoms with van der Waals surface area (Å²) in [6.07, 6.45) is 3.61. The number of esters is 1. The molecule has 1 aromatic carbocycles. The van der Waals surface area contributed by atoms with E-state index in [4.69, 9.17) is 14.2 Å². The summed E-state index contributed by atoms with van der Waals surface area (Å²) >= 11 is 0. The summed E-state index contributed by atoms with van der Waals surface area (Å²) in [6, 6.07) is 9.69. The Kier molecular flexibility index (Phi) is 10.6. The van der Waals surface area contributed by atoms with Crippen molar-refractivity contribution in [3.63, 3.8) is 0 Å². The Balaban J connectivity index is 1.84. The maximum absolute atomic E-state index is 13.4.